The fraction of sp³-hybridized carbons (Fsp3) is 0.533. The summed E-state index contributed by atoms with van der Waals surface area (Å²) in [6, 6.07) is 7.73. The number of rotatable bonds is 4. The van der Waals surface area contributed by atoms with Gasteiger partial charge in [-0.25, -0.2) is 0 Å². The third-order valence-electron chi connectivity index (χ3n) is 2.46. The molecule has 0 fully saturated rings. The van der Waals surface area contributed by atoms with Crippen LogP contribution in [0.15, 0.2) is 24.3 Å². The Hall–Kier alpha value is -1.51. The minimum Gasteiger partial charge on any atom is -0.481 e. The van der Waals surface area contributed by atoms with E-state index in [2.05, 4.69) is 5.32 Å². The van der Waals surface area contributed by atoms with Crippen molar-refractivity contribution in [1.29, 1.82) is 0 Å². The second kappa shape index (κ2) is 5.89. The van der Waals surface area contributed by atoms with E-state index in [9.17, 15) is 4.79 Å². The monoisotopic (exact) mass is 249 g/mol. The zero-order chi connectivity index (χ0) is 13.8. The summed E-state index contributed by atoms with van der Waals surface area (Å²) >= 11 is 0. The Kier molecular flexibility index (Phi) is 4.76. The zero-order valence-electron chi connectivity index (χ0n) is 11.9. The lowest BCUT2D eigenvalue weighted by molar-refractivity contribution is -0.129. The molecule has 3 heteroatoms. The molecule has 1 unspecified atom stereocenters. The quantitative estimate of drug-likeness (QED) is 0.890. The summed E-state index contributed by atoms with van der Waals surface area (Å²) in [4.78, 5) is 12.0. The molecule has 0 aromatic heterocycles. The van der Waals surface area contributed by atoms with Crippen LogP contribution in [0, 0.1) is 6.92 Å². The summed E-state index contributed by atoms with van der Waals surface area (Å²) < 4.78 is 5.71. The van der Waals surface area contributed by atoms with E-state index in [0.29, 0.717) is 6.42 Å². The third-order valence-corrected chi connectivity index (χ3v) is 2.46. The fourth-order valence-corrected chi connectivity index (χ4v) is 1.55. The first-order valence-electron chi connectivity index (χ1n) is 6.37. The summed E-state index contributed by atoms with van der Waals surface area (Å²) in [5.74, 6) is 0.669. The molecule has 0 spiro atoms. The maximum absolute atomic E-state index is 12.0. The van der Waals surface area contributed by atoms with Gasteiger partial charge in [-0.15, -0.1) is 0 Å². The molecule has 1 aromatic carbocycles. The molecule has 1 aromatic rings. The standard InChI is InChI=1S/C15H23NO2/c1-6-13(14(17)16-15(3,4)5)18-12-9-7-11(2)8-10-12/h7-10,13H,6H2,1-5H3,(H,16,17). The normalized spacial score (nSPS) is 12.9. The Balaban J connectivity index is 2.67. The Bertz CT molecular complexity index is 390. The van der Waals surface area contributed by atoms with Crippen LogP contribution in [0.5, 0.6) is 5.75 Å². The first-order valence-corrected chi connectivity index (χ1v) is 6.37. The van der Waals surface area contributed by atoms with Gasteiger partial charge in [0, 0.05) is 5.54 Å². The minimum atomic E-state index is -0.438. The molecule has 0 aliphatic carbocycles. The van der Waals surface area contributed by atoms with Crippen LogP contribution in [-0.2, 0) is 4.79 Å². The zero-order valence-corrected chi connectivity index (χ0v) is 11.9. The van der Waals surface area contributed by atoms with Crippen molar-refractivity contribution in [3.63, 3.8) is 0 Å². The number of amides is 1. The molecular weight excluding hydrogens is 226 g/mol. The van der Waals surface area contributed by atoms with Gasteiger partial charge < -0.3 is 10.1 Å². The SMILES string of the molecule is CCC(Oc1ccc(C)cc1)C(=O)NC(C)(C)C. The number of carbonyl (C=O) groups excluding carboxylic acids is 1. The first kappa shape index (κ1) is 14.6. The summed E-state index contributed by atoms with van der Waals surface area (Å²) in [6.07, 6.45) is 0.211. The van der Waals surface area contributed by atoms with Crippen LogP contribution in [0.3, 0.4) is 0 Å². The van der Waals surface area contributed by atoms with Gasteiger partial charge in [0.05, 0.1) is 0 Å². The van der Waals surface area contributed by atoms with Gasteiger partial charge in [0.25, 0.3) is 5.91 Å². The average Bonchev–Trinajstić information content (AvgIpc) is 2.25. The second-order valence-corrected chi connectivity index (χ2v) is 5.57. The Morgan fingerprint density at radius 3 is 2.28 bits per heavy atom. The molecule has 0 bridgehead atoms. The van der Waals surface area contributed by atoms with E-state index < -0.39 is 6.10 Å². The van der Waals surface area contributed by atoms with E-state index >= 15 is 0 Å². The van der Waals surface area contributed by atoms with Crippen molar-refractivity contribution in [2.45, 2.75) is 52.7 Å². The van der Waals surface area contributed by atoms with Crippen molar-refractivity contribution in [3.05, 3.63) is 29.8 Å². The highest BCUT2D eigenvalue weighted by molar-refractivity contribution is 5.81. The van der Waals surface area contributed by atoms with Crippen LogP contribution in [-0.4, -0.2) is 17.6 Å². The van der Waals surface area contributed by atoms with E-state index in [0.717, 1.165) is 5.75 Å². The van der Waals surface area contributed by atoms with Crippen molar-refractivity contribution in [1.82, 2.24) is 5.32 Å². The van der Waals surface area contributed by atoms with Crippen molar-refractivity contribution >= 4 is 5.91 Å². The molecule has 1 atom stereocenters. The van der Waals surface area contributed by atoms with Crippen LogP contribution < -0.4 is 10.1 Å². The summed E-state index contributed by atoms with van der Waals surface area (Å²) in [6.45, 7) is 9.85. The lowest BCUT2D eigenvalue weighted by Crippen LogP contribution is -2.47. The van der Waals surface area contributed by atoms with Crippen LogP contribution in [0.25, 0.3) is 0 Å². The Morgan fingerprint density at radius 2 is 1.83 bits per heavy atom. The topological polar surface area (TPSA) is 38.3 Å². The Morgan fingerprint density at radius 1 is 1.28 bits per heavy atom. The predicted octanol–water partition coefficient (Wildman–Crippen LogP) is 3.07. The van der Waals surface area contributed by atoms with Crippen LogP contribution in [0.2, 0.25) is 0 Å². The molecule has 1 rings (SSSR count). The molecule has 1 N–H and O–H groups in total. The molecular formula is C15H23NO2. The summed E-state index contributed by atoms with van der Waals surface area (Å²) in [5, 5.41) is 2.94. The van der Waals surface area contributed by atoms with E-state index in [1.165, 1.54) is 5.56 Å². The lowest BCUT2D eigenvalue weighted by Gasteiger charge is -2.24. The second-order valence-electron chi connectivity index (χ2n) is 5.57. The van der Waals surface area contributed by atoms with Gasteiger partial charge in [-0.2, -0.15) is 0 Å². The number of carbonyl (C=O) groups is 1. The molecule has 18 heavy (non-hydrogen) atoms. The number of aryl methyl sites for hydroxylation is 1. The van der Waals surface area contributed by atoms with E-state index in [1.807, 2.05) is 58.9 Å². The van der Waals surface area contributed by atoms with Gasteiger partial charge >= 0.3 is 0 Å². The first-order chi connectivity index (χ1) is 8.31. The molecule has 3 nitrogen and oxygen atoms in total. The summed E-state index contributed by atoms with van der Waals surface area (Å²) in [7, 11) is 0. The van der Waals surface area contributed by atoms with E-state index in [-0.39, 0.29) is 11.4 Å². The van der Waals surface area contributed by atoms with Gasteiger partial charge in [-0.05, 0) is 46.2 Å². The smallest absolute Gasteiger partial charge is 0.261 e. The van der Waals surface area contributed by atoms with Gasteiger partial charge in [0.15, 0.2) is 6.10 Å². The van der Waals surface area contributed by atoms with Crippen molar-refractivity contribution in [3.8, 4) is 5.75 Å². The van der Waals surface area contributed by atoms with Gasteiger partial charge in [0.1, 0.15) is 5.75 Å². The van der Waals surface area contributed by atoms with Gasteiger partial charge in [-0.1, -0.05) is 24.6 Å². The van der Waals surface area contributed by atoms with Crippen molar-refractivity contribution in [2.75, 3.05) is 0 Å². The highest BCUT2D eigenvalue weighted by Crippen LogP contribution is 2.15. The molecule has 0 aliphatic heterocycles. The number of hydrogen-bond donors (Lipinski definition) is 1. The third kappa shape index (κ3) is 4.78. The van der Waals surface area contributed by atoms with Crippen LogP contribution >= 0.6 is 0 Å². The Labute approximate surface area is 110 Å². The molecule has 0 saturated heterocycles. The van der Waals surface area contributed by atoms with Gasteiger partial charge in [-0.3, -0.25) is 4.79 Å². The molecule has 0 radical (unpaired) electrons. The van der Waals surface area contributed by atoms with Gasteiger partial charge in [0.2, 0.25) is 0 Å². The molecule has 100 valence electrons. The van der Waals surface area contributed by atoms with E-state index in [1.54, 1.807) is 0 Å². The molecule has 0 saturated carbocycles. The number of hydrogen-bond acceptors (Lipinski definition) is 2. The van der Waals surface area contributed by atoms with Crippen molar-refractivity contribution < 1.29 is 9.53 Å². The largest absolute Gasteiger partial charge is 0.481 e. The predicted molar refractivity (Wildman–Crippen MR) is 73.8 cm³/mol. The molecule has 1 amide bonds. The van der Waals surface area contributed by atoms with Crippen molar-refractivity contribution in [2.24, 2.45) is 0 Å². The van der Waals surface area contributed by atoms with Crippen LogP contribution in [0.4, 0.5) is 0 Å². The lowest BCUT2D eigenvalue weighted by atomic mass is 10.1. The van der Waals surface area contributed by atoms with Crippen LogP contribution in [0.1, 0.15) is 39.7 Å². The fourth-order valence-electron chi connectivity index (χ4n) is 1.55. The highest BCUT2D eigenvalue weighted by Gasteiger charge is 2.22. The maximum Gasteiger partial charge on any atom is 0.261 e. The number of nitrogens with one attached hydrogen (secondary N) is 1. The average molecular weight is 249 g/mol. The number of benzene rings is 1. The molecule has 0 heterocycles. The highest BCUT2D eigenvalue weighted by atomic mass is 16.5. The minimum absolute atomic E-state index is 0.0643. The maximum atomic E-state index is 12.0. The molecule has 0 aliphatic rings. The van der Waals surface area contributed by atoms with E-state index in [4.69, 9.17) is 4.74 Å². The number of ether oxygens (including phenoxy) is 1. The summed E-state index contributed by atoms with van der Waals surface area (Å²) in [5.41, 5.74) is 0.941.